The van der Waals surface area contributed by atoms with Crippen molar-refractivity contribution in [1.29, 1.82) is 5.26 Å². The molecule has 3 N–H and O–H groups in total. The van der Waals surface area contributed by atoms with Crippen LogP contribution in [0.3, 0.4) is 0 Å². The molecular weight excluding hydrogens is 298 g/mol. The molecule has 1 unspecified atom stereocenters. The lowest BCUT2D eigenvalue weighted by Crippen LogP contribution is -2.27. The molecule has 110 valence electrons. The van der Waals surface area contributed by atoms with Crippen LogP contribution in [0.1, 0.15) is 24.1 Å². The van der Waals surface area contributed by atoms with Crippen molar-refractivity contribution in [3.63, 3.8) is 0 Å². The normalized spacial score (nSPS) is 19.5. The molecule has 0 amide bonds. The Morgan fingerprint density at radius 1 is 1.55 bits per heavy atom. The lowest BCUT2D eigenvalue weighted by Gasteiger charge is -2.23. The van der Waals surface area contributed by atoms with E-state index in [9.17, 15) is 8.42 Å². The predicted octanol–water partition coefficient (Wildman–Crippen LogP) is 1.59. The van der Waals surface area contributed by atoms with Gasteiger partial charge >= 0.3 is 0 Å². The third kappa shape index (κ3) is 3.23. The van der Waals surface area contributed by atoms with Crippen LogP contribution in [0.15, 0.2) is 4.90 Å². The molecule has 1 atom stereocenters. The fourth-order valence-corrected chi connectivity index (χ4v) is 4.55. The van der Waals surface area contributed by atoms with Gasteiger partial charge in [-0.3, -0.25) is 0 Å². The summed E-state index contributed by atoms with van der Waals surface area (Å²) in [6.45, 7) is 1.26. The first kappa shape index (κ1) is 15.1. The summed E-state index contributed by atoms with van der Waals surface area (Å²) in [5.74, 6) is 0. The van der Waals surface area contributed by atoms with Gasteiger partial charge in [0.1, 0.15) is 20.8 Å². The first-order valence-electron chi connectivity index (χ1n) is 6.31. The number of nitrogens with two attached hydrogens (primary N) is 1. The van der Waals surface area contributed by atoms with E-state index < -0.39 is 9.84 Å². The second-order valence-corrected chi connectivity index (χ2v) is 7.73. The molecular formula is C12H17N3O3S2. The number of rotatable bonds is 4. The second-order valence-electron chi connectivity index (χ2n) is 4.76. The molecule has 0 spiro atoms. The first-order chi connectivity index (χ1) is 9.43. The third-order valence-electron chi connectivity index (χ3n) is 3.14. The van der Waals surface area contributed by atoms with Crippen molar-refractivity contribution in [3.8, 4) is 6.07 Å². The molecule has 1 saturated heterocycles. The molecule has 0 aromatic carbocycles. The maximum absolute atomic E-state index is 11.8. The van der Waals surface area contributed by atoms with Gasteiger partial charge in [-0.25, -0.2) is 8.42 Å². The molecule has 1 aliphatic heterocycles. The summed E-state index contributed by atoms with van der Waals surface area (Å²) in [4.78, 5) is 0.243. The average molecular weight is 315 g/mol. The van der Waals surface area contributed by atoms with Gasteiger partial charge in [-0.2, -0.15) is 5.26 Å². The zero-order chi connectivity index (χ0) is 14.8. The number of hydrogen-bond acceptors (Lipinski definition) is 7. The summed E-state index contributed by atoms with van der Waals surface area (Å²) in [5.41, 5.74) is 5.78. The summed E-state index contributed by atoms with van der Waals surface area (Å²) in [6, 6.07) is 1.92. The smallest absolute Gasteiger partial charge is 0.180 e. The van der Waals surface area contributed by atoms with Crippen LogP contribution in [0.2, 0.25) is 0 Å². The second kappa shape index (κ2) is 5.99. The lowest BCUT2D eigenvalue weighted by atomic mass is 10.1. The minimum Gasteiger partial charge on any atom is -0.396 e. The Morgan fingerprint density at radius 2 is 2.30 bits per heavy atom. The van der Waals surface area contributed by atoms with Crippen molar-refractivity contribution in [2.75, 3.05) is 30.5 Å². The fourth-order valence-electron chi connectivity index (χ4n) is 2.17. The molecule has 1 aromatic heterocycles. The van der Waals surface area contributed by atoms with Crippen LogP contribution in [0.5, 0.6) is 0 Å². The third-order valence-corrected chi connectivity index (χ3v) is 5.50. The highest BCUT2D eigenvalue weighted by Gasteiger charge is 2.24. The Bertz CT molecular complexity index is 625. The minimum atomic E-state index is -3.48. The van der Waals surface area contributed by atoms with Crippen LogP contribution < -0.4 is 11.1 Å². The molecule has 2 heterocycles. The summed E-state index contributed by atoms with van der Waals surface area (Å²) in [6.07, 6.45) is 4.30. The maximum atomic E-state index is 11.8. The predicted molar refractivity (Wildman–Crippen MR) is 78.6 cm³/mol. The molecule has 1 fully saturated rings. The number of nitrogen functional groups attached to an aromatic ring is 1. The number of hydrogen-bond donors (Lipinski definition) is 2. The number of nitriles is 1. The molecule has 1 aromatic rings. The van der Waals surface area contributed by atoms with Crippen molar-refractivity contribution >= 4 is 31.9 Å². The van der Waals surface area contributed by atoms with E-state index in [0.29, 0.717) is 11.5 Å². The fraction of sp³-hybridized carbons (Fsp3) is 0.583. The van der Waals surface area contributed by atoms with Crippen molar-refractivity contribution in [2.24, 2.45) is 0 Å². The van der Waals surface area contributed by atoms with Crippen LogP contribution in [-0.2, 0) is 14.6 Å². The average Bonchev–Trinajstić information content (AvgIpc) is 2.73. The highest BCUT2D eigenvalue weighted by molar-refractivity contribution is 7.91. The summed E-state index contributed by atoms with van der Waals surface area (Å²) in [7, 11) is -3.48. The van der Waals surface area contributed by atoms with Gasteiger partial charge in [0.25, 0.3) is 0 Å². The van der Waals surface area contributed by atoms with Crippen LogP contribution in [-0.4, -0.2) is 33.9 Å². The van der Waals surface area contributed by atoms with E-state index >= 15 is 0 Å². The highest BCUT2D eigenvalue weighted by Crippen LogP contribution is 2.38. The van der Waals surface area contributed by atoms with E-state index in [-0.39, 0.29) is 21.6 Å². The zero-order valence-corrected chi connectivity index (χ0v) is 12.8. The Labute approximate surface area is 122 Å². The quantitative estimate of drug-likeness (QED) is 0.874. The molecule has 0 bridgehead atoms. The van der Waals surface area contributed by atoms with Gasteiger partial charge in [-0.05, 0) is 19.3 Å². The Kier molecular flexibility index (Phi) is 4.52. The van der Waals surface area contributed by atoms with Crippen LogP contribution >= 0.6 is 11.3 Å². The zero-order valence-electron chi connectivity index (χ0n) is 11.2. The van der Waals surface area contributed by atoms with E-state index in [1.165, 1.54) is 0 Å². The van der Waals surface area contributed by atoms with Gasteiger partial charge in [0.2, 0.25) is 0 Å². The van der Waals surface area contributed by atoms with E-state index in [4.69, 9.17) is 15.7 Å². The van der Waals surface area contributed by atoms with Crippen molar-refractivity contribution in [1.82, 2.24) is 0 Å². The van der Waals surface area contributed by atoms with Crippen LogP contribution in [0, 0.1) is 11.3 Å². The summed E-state index contributed by atoms with van der Waals surface area (Å²) in [5, 5.41) is 12.5. The van der Waals surface area contributed by atoms with Gasteiger partial charge in [0, 0.05) is 19.4 Å². The monoisotopic (exact) mass is 315 g/mol. The van der Waals surface area contributed by atoms with Gasteiger partial charge in [0.15, 0.2) is 9.84 Å². The summed E-state index contributed by atoms with van der Waals surface area (Å²) < 4.78 is 29.2. The highest BCUT2D eigenvalue weighted by atomic mass is 32.2. The first-order valence-corrected chi connectivity index (χ1v) is 9.02. The number of thiophene rings is 1. The Balaban J connectivity index is 2.20. The van der Waals surface area contributed by atoms with E-state index in [1.807, 2.05) is 6.07 Å². The Hall–Kier alpha value is -1.30. The molecule has 2 rings (SSSR count). The lowest BCUT2D eigenvalue weighted by molar-refractivity contribution is 0.0248. The minimum absolute atomic E-state index is 0.0230. The molecule has 0 saturated carbocycles. The molecule has 1 aliphatic rings. The van der Waals surface area contributed by atoms with Gasteiger partial charge < -0.3 is 15.8 Å². The van der Waals surface area contributed by atoms with E-state index in [1.54, 1.807) is 0 Å². The molecule has 8 heteroatoms. The maximum Gasteiger partial charge on any atom is 0.180 e. The van der Waals surface area contributed by atoms with Crippen molar-refractivity contribution in [2.45, 2.75) is 30.3 Å². The standard InChI is InChI=1S/C12H17N3O3S2/c1-20(16,17)11-10(14)9(6-13)19-12(11)15-7-8-4-2-3-5-18-8/h8,15H,2-5,7,14H2,1H3. The largest absolute Gasteiger partial charge is 0.396 e. The molecule has 6 nitrogen and oxygen atoms in total. The van der Waals surface area contributed by atoms with E-state index in [0.717, 1.165) is 43.5 Å². The number of nitrogens with zero attached hydrogens (tertiary/aromatic N) is 1. The van der Waals surface area contributed by atoms with Crippen LogP contribution in [0.4, 0.5) is 10.7 Å². The number of anilines is 2. The van der Waals surface area contributed by atoms with Crippen molar-refractivity contribution in [3.05, 3.63) is 4.88 Å². The molecule has 0 aliphatic carbocycles. The topological polar surface area (TPSA) is 105 Å². The van der Waals surface area contributed by atoms with Crippen LogP contribution in [0.25, 0.3) is 0 Å². The van der Waals surface area contributed by atoms with Gasteiger partial charge in [0.05, 0.1) is 11.8 Å². The Morgan fingerprint density at radius 3 is 2.85 bits per heavy atom. The van der Waals surface area contributed by atoms with Gasteiger partial charge in [-0.1, -0.05) is 0 Å². The van der Waals surface area contributed by atoms with E-state index in [2.05, 4.69) is 5.32 Å². The molecule has 20 heavy (non-hydrogen) atoms. The number of ether oxygens (including phenoxy) is 1. The number of sulfone groups is 1. The van der Waals surface area contributed by atoms with Gasteiger partial charge in [-0.15, -0.1) is 11.3 Å². The number of nitrogens with one attached hydrogen (secondary N) is 1. The van der Waals surface area contributed by atoms with Crippen molar-refractivity contribution < 1.29 is 13.2 Å². The SMILES string of the molecule is CS(=O)(=O)c1c(NCC2CCCCO2)sc(C#N)c1N. The molecule has 0 radical (unpaired) electrons. The summed E-state index contributed by atoms with van der Waals surface area (Å²) >= 11 is 1.07.